The van der Waals surface area contributed by atoms with Crippen molar-refractivity contribution in [1.29, 1.82) is 0 Å². The first-order valence-electron chi connectivity index (χ1n) is 6.25. The fourth-order valence-electron chi connectivity index (χ4n) is 2.02. The molecule has 0 bridgehead atoms. The van der Waals surface area contributed by atoms with Crippen LogP contribution >= 0.6 is 11.3 Å². The minimum Gasteiger partial charge on any atom is -0.393 e. The van der Waals surface area contributed by atoms with E-state index >= 15 is 0 Å². The molecule has 106 valence electrons. The Kier molecular flexibility index (Phi) is 4.36. The topological polar surface area (TPSA) is 72.4 Å². The Balaban J connectivity index is 2.13. The summed E-state index contributed by atoms with van der Waals surface area (Å²) >= 11 is 1.71. The highest BCUT2D eigenvalue weighted by Crippen LogP contribution is 2.27. The van der Waals surface area contributed by atoms with E-state index in [-0.39, 0.29) is 17.4 Å². The lowest BCUT2D eigenvalue weighted by atomic mass is 10.1. The van der Waals surface area contributed by atoms with Gasteiger partial charge in [0.15, 0.2) is 0 Å². The van der Waals surface area contributed by atoms with Gasteiger partial charge in [0.05, 0.1) is 4.92 Å². The molecule has 1 heterocycles. The maximum atomic E-state index is 10.9. The molecule has 2 aromatic rings. The van der Waals surface area contributed by atoms with Crippen LogP contribution in [0.4, 0.5) is 11.4 Å². The van der Waals surface area contributed by atoms with Gasteiger partial charge in [-0.15, -0.1) is 11.3 Å². The summed E-state index contributed by atoms with van der Waals surface area (Å²) in [4.78, 5) is 13.9. The molecule has 2 rings (SSSR count). The highest BCUT2D eigenvalue weighted by atomic mass is 32.1. The molecule has 0 aliphatic rings. The number of nitrogens with zero attached hydrogens (tertiary/aromatic N) is 2. The van der Waals surface area contributed by atoms with Crippen molar-refractivity contribution in [2.75, 3.05) is 12.8 Å². The molecule has 0 amide bonds. The number of nitro groups is 1. The fourth-order valence-corrected chi connectivity index (χ4v) is 2.87. The van der Waals surface area contributed by atoms with Crippen LogP contribution in [-0.2, 0) is 6.54 Å². The van der Waals surface area contributed by atoms with E-state index in [1.54, 1.807) is 23.5 Å². The Bertz CT molecular complexity index is 598. The lowest BCUT2D eigenvalue weighted by Crippen LogP contribution is -2.21. The third-order valence-electron chi connectivity index (χ3n) is 3.34. The monoisotopic (exact) mass is 291 g/mol. The largest absolute Gasteiger partial charge is 0.393 e. The molecule has 0 aliphatic heterocycles. The first kappa shape index (κ1) is 14.5. The molecule has 1 aromatic heterocycles. The van der Waals surface area contributed by atoms with E-state index in [0.29, 0.717) is 6.54 Å². The summed E-state index contributed by atoms with van der Waals surface area (Å²) in [6, 6.07) is 9.37. The van der Waals surface area contributed by atoms with Gasteiger partial charge in [0, 0.05) is 23.5 Å². The first-order valence-corrected chi connectivity index (χ1v) is 7.13. The summed E-state index contributed by atoms with van der Waals surface area (Å²) in [7, 11) is 2.01. The zero-order valence-electron chi connectivity index (χ0n) is 11.4. The van der Waals surface area contributed by atoms with Gasteiger partial charge < -0.3 is 5.73 Å². The fraction of sp³-hybridized carbons (Fsp3) is 0.286. The average Bonchev–Trinajstić information content (AvgIpc) is 2.93. The van der Waals surface area contributed by atoms with Crippen LogP contribution in [0, 0.1) is 10.1 Å². The second-order valence-electron chi connectivity index (χ2n) is 4.76. The Morgan fingerprint density at radius 1 is 1.45 bits per heavy atom. The van der Waals surface area contributed by atoms with E-state index in [1.807, 2.05) is 24.6 Å². The lowest BCUT2D eigenvalue weighted by Gasteiger charge is -2.23. The van der Waals surface area contributed by atoms with Gasteiger partial charge in [-0.1, -0.05) is 12.1 Å². The second kappa shape index (κ2) is 6.02. The SMILES string of the molecule is CC(c1cccs1)N(C)Cc1ccc(N)c([N+](=O)[O-])c1. The Morgan fingerprint density at radius 2 is 2.20 bits per heavy atom. The van der Waals surface area contributed by atoms with Gasteiger partial charge in [-0.05, 0) is 37.0 Å². The van der Waals surface area contributed by atoms with Crippen LogP contribution in [0.1, 0.15) is 23.4 Å². The minimum absolute atomic E-state index is 0.0281. The molecule has 2 N–H and O–H groups in total. The zero-order chi connectivity index (χ0) is 14.7. The molecule has 6 heteroatoms. The molecular weight excluding hydrogens is 274 g/mol. The summed E-state index contributed by atoms with van der Waals surface area (Å²) in [6.45, 7) is 2.76. The third kappa shape index (κ3) is 3.15. The highest BCUT2D eigenvalue weighted by molar-refractivity contribution is 7.10. The Morgan fingerprint density at radius 3 is 2.80 bits per heavy atom. The van der Waals surface area contributed by atoms with E-state index in [2.05, 4.69) is 17.9 Å². The number of nitrogens with two attached hydrogens (primary N) is 1. The van der Waals surface area contributed by atoms with Crippen LogP contribution in [0.5, 0.6) is 0 Å². The molecule has 0 saturated carbocycles. The predicted molar refractivity (Wildman–Crippen MR) is 81.7 cm³/mol. The number of anilines is 1. The quantitative estimate of drug-likeness (QED) is 0.520. The summed E-state index contributed by atoms with van der Waals surface area (Å²) in [5.41, 5.74) is 6.66. The van der Waals surface area contributed by atoms with Gasteiger partial charge in [0.25, 0.3) is 5.69 Å². The molecule has 5 nitrogen and oxygen atoms in total. The minimum atomic E-state index is -0.443. The number of rotatable bonds is 5. The number of nitro benzene ring substituents is 1. The van der Waals surface area contributed by atoms with Gasteiger partial charge in [0.2, 0.25) is 0 Å². The molecule has 0 aliphatic carbocycles. The van der Waals surface area contributed by atoms with Crippen molar-refractivity contribution < 1.29 is 4.92 Å². The molecule has 1 unspecified atom stereocenters. The van der Waals surface area contributed by atoms with Crippen LogP contribution < -0.4 is 5.73 Å². The van der Waals surface area contributed by atoms with Gasteiger partial charge in [0.1, 0.15) is 5.69 Å². The van der Waals surface area contributed by atoms with Crippen LogP contribution in [0.3, 0.4) is 0 Å². The summed E-state index contributed by atoms with van der Waals surface area (Å²) in [5, 5.41) is 12.9. The van der Waals surface area contributed by atoms with Gasteiger partial charge >= 0.3 is 0 Å². The molecule has 0 radical (unpaired) electrons. The van der Waals surface area contributed by atoms with Crippen molar-refractivity contribution >= 4 is 22.7 Å². The third-order valence-corrected chi connectivity index (χ3v) is 4.38. The number of hydrogen-bond donors (Lipinski definition) is 1. The zero-order valence-corrected chi connectivity index (χ0v) is 12.3. The maximum absolute atomic E-state index is 10.9. The summed E-state index contributed by atoms with van der Waals surface area (Å²) < 4.78 is 0. The van der Waals surface area contributed by atoms with Crippen molar-refractivity contribution in [3.63, 3.8) is 0 Å². The van der Waals surface area contributed by atoms with Crippen LogP contribution in [0.25, 0.3) is 0 Å². The molecule has 1 atom stereocenters. The van der Waals surface area contributed by atoms with Crippen LogP contribution in [0.2, 0.25) is 0 Å². The normalized spacial score (nSPS) is 12.6. The Hall–Kier alpha value is -1.92. The molecule has 0 fully saturated rings. The molecular formula is C14H17N3O2S. The smallest absolute Gasteiger partial charge is 0.292 e. The van der Waals surface area contributed by atoms with E-state index < -0.39 is 4.92 Å². The average molecular weight is 291 g/mol. The van der Waals surface area contributed by atoms with Crippen LogP contribution in [0.15, 0.2) is 35.7 Å². The lowest BCUT2D eigenvalue weighted by molar-refractivity contribution is -0.384. The maximum Gasteiger partial charge on any atom is 0.292 e. The van der Waals surface area contributed by atoms with Gasteiger partial charge in [-0.2, -0.15) is 0 Å². The predicted octanol–water partition coefficient (Wildman–Crippen LogP) is 3.43. The van der Waals surface area contributed by atoms with E-state index in [1.165, 1.54) is 4.88 Å². The number of thiophene rings is 1. The number of hydrogen-bond acceptors (Lipinski definition) is 5. The first-order chi connectivity index (χ1) is 9.49. The van der Waals surface area contributed by atoms with Gasteiger partial charge in [-0.25, -0.2) is 0 Å². The van der Waals surface area contributed by atoms with E-state index in [0.717, 1.165) is 5.56 Å². The van der Waals surface area contributed by atoms with E-state index in [4.69, 9.17) is 5.73 Å². The van der Waals surface area contributed by atoms with Crippen molar-refractivity contribution in [1.82, 2.24) is 4.90 Å². The molecule has 0 saturated heterocycles. The highest BCUT2D eigenvalue weighted by Gasteiger charge is 2.16. The van der Waals surface area contributed by atoms with Crippen LogP contribution in [-0.4, -0.2) is 16.9 Å². The van der Waals surface area contributed by atoms with Gasteiger partial charge in [-0.3, -0.25) is 15.0 Å². The van der Waals surface area contributed by atoms with Crippen molar-refractivity contribution in [3.8, 4) is 0 Å². The molecule has 20 heavy (non-hydrogen) atoms. The van der Waals surface area contributed by atoms with E-state index in [9.17, 15) is 10.1 Å². The standard InChI is InChI=1S/C14H17N3O2S/c1-10(14-4-3-7-20-14)16(2)9-11-5-6-12(15)13(8-11)17(18)19/h3-8,10H,9,15H2,1-2H3. The second-order valence-corrected chi connectivity index (χ2v) is 5.74. The summed E-state index contributed by atoms with van der Waals surface area (Å²) in [6.07, 6.45) is 0. The summed E-state index contributed by atoms with van der Waals surface area (Å²) in [5.74, 6) is 0. The van der Waals surface area contributed by atoms with Crippen molar-refractivity contribution in [3.05, 3.63) is 56.3 Å². The molecule has 0 spiro atoms. The van der Waals surface area contributed by atoms with Crippen molar-refractivity contribution in [2.24, 2.45) is 0 Å². The number of benzene rings is 1. The van der Waals surface area contributed by atoms with Crippen molar-refractivity contribution in [2.45, 2.75) is 19.5 Å². The Labute approximate surface area is 121 Å². The molecule has 1 aromatic carbocycles. The number of nitrogen functional groups attached to an aromatic ring is 1.